The fraction of sp³-hybridized carbons (Fsp3) is 0.125. The maximum absolute atomic E-state index is 12.3. The molecule has 0 aromatic heterocycles. The molecule has 0 bridgehead atoms. The Hall–Kier alpha value is -1.60. The Kier molecular flexibility index (Phi) is 5.79. The van der Waals surface area contributed by atoms with Crippen molar-refractivity contribution in [1.29, 1.82) is 0 Å². The van der Waals surface area contributed by atoms with Gasteiger partial charge in [0, 0.05) is 9.26 Å². The molecule has 22 heavy (non-hydrogen) atoms. The number of amides is 1. The van der Waals surface area contributed by atoms with Crippen LogP contribution < -0.4 is 5.32 Å². The lowest BCUT2D eigenvalue weighted by atomic mass is 10.1. The monoisotopic (exact) mass is 429 g/mol. The summed E-state index contributed by atoms with van der Waals surface area (Å²) in [7, 11) is 0. The zero-order valence-electron chi connectivity index (χ0n) is 11.7. The minimum absolute atomic E-state index is 0.226. The van der Waals surface area contributed by atoms with E-state index in [-0.39, 0.29) is 23.1 Å². The van der Waals surface area contributed by atoms with Gasteiger partial charge in [0.25, 0.3) is 5.91 Å². The molecule has 0 unspecified atom stereocenters. The number of hydrogen-bond acceptors (Lipinski definition) is 3. The van der Waals surface area contributed by atoms with E-state index in [4.69, 9.17) is 16.3 Å². The number of halogens is 2. The highest BCUT2D eigenvalue weighted by Gasteiger charge is 2.14. The minimum Gasteiger partial charge on any atom is -0.462 e. The molecule has 4 nitrogen and oxygen atoms in total. The predicted octanol–water partition coefficient (Wildman–Crippen LogP) is 4.37. The van der Waals surface area contributed by atoms with Gasteiger partial charge in [-0.15, -0.1) is 0 Å². The summed E-state index contributed by atoms with van der Waals surface area (Å²) in [6.07, 6.45) is 0. The highest BCUT2D eigenvalue weighted by molar-refractivity contribution is 14.1. The maximum atomic E-state index is 12.3. The number of carbonyl (C=O) groups is 2. The number of rotatable bonds is 4. The van der Waals surface area contributed by atoms with Crippen LogP contribution in [-0.4, -0.2) is 18.5 Å². The Morgan fingerprint density at radius 2 is 1.91 bits per heavy atom. The molecular formula is C16H13ClINO3. The number of esters is 1. The van der Waals surface area contributed by atoms with E-state index in [0.29, 0.717) is 11.3 Å². The van der Waals surface area contributed by atoms with Crippen LogP contribution in [-0.2, 0) is 4.74 Å². The van der Waals surface area contributed by atoms with Gasteiger partial charge in [0.2, 0.25) is 0 Å². The lowest BCUT2D eigenvalue weighted by Gasteiger charge is -2.09. The van der Waals surface area contributed by atoms with Crippen molar-refractivity contribution in [3.05, 3.63) is 62.2 Å². The lowest BCUT2D eigenvalue weighted by Crippen LogP contribution is -2.14. The van der Waals surface area contributed by atoms with E-state index in [1.54, 1.807) is 31.2 Å². The van der Waals surface area contributed by atoms with Crippen LogP contribution >= 0.6 is 34.2 Å². The van der Waals surface area contributed by atoms with Crippen LogP contribution in [0.5, 0.6) is 0 Å². The number of benzene rings is 2. The first kappa shape index (κ1) is 16.8. The van der Waals surface area contributed by atoms with Crippen molar-refractivity contribution in [1.82, 2.24) is 0 Å². The first-order valence-corrected chi connectivity index (χ1v) is 8.01. The van der Waals surface area contributed by atoms with Crippen LogP contribution in [0.1, 0.15) is 27.6 Å². The first-order valence-electron chi connectivity index (χ1n) is 6.55. The highest BCUT2D eigenvalue weighted by Crippen LogP contribution is 2.22. The number of carbonyl (C=O) groups excluding carboxylic acids is 2. The van der Waals surface area contributed by atoms with Crippen LogP contribution in [0.15, 0.2) is 42.5 Å². The van der Waals surface area contributed by atoms with Crippen LogP contribution in [0, 0.1) is 3.57 Å². The van der Waals surface area contributed by atoms with Gasteiger partial charge in [-0.2, -0.15) is 0 Å². The third-order valence-corrected chi connectivity index (χ3v) is 4.11. The second-order valence-electron chi connectivity index (χ2n) is 4.35. The molecule has 0 radical (unpaired) electrons. The summed E-state index contributed by atoms with van der Waals surface area (Å²) in [4.78, 5) is 24.1. The van der Waals surface area contributed by atoms with Gasteiger partial charge in [0.1, 0.15) is 0 Å². The second kappa shape index (κ2) is 7.60. The van der Waals surface area contributed by atoms with Crippen molar-refractivity contribution in [2.45, 2.75) is 6.92 Å². The highest BCUT2D eigenvalue weighted by atomic mass is 127. The molecule has 2 aromatic carbocycles. The van der Waals surface area contributed by atoms with E-state index in [0.717, 1.165) is 3.57 Å². The Bertz CT molecular complexity index is 718. The van der Waals surface area contributed by atoms with Gasteiger partial charge in [-0.1, -0.05) is 23.7 Å². The molecule has 6 heteroatoms. The zero-order chi connectivity index (χ0) is 16.1. The molecule has 1 amide bonds. The van der Waals surface area contributed by atoms with Crippen molar-refractivity contribution in [3.8, 4) is 0 Å². The molecule has 2 rings (SSSR count). The smallest absolute Gasteiger partial charge is 0.339 e. The van der Waals surface area contributed by atoms with Crippen molar-refractivity contribution in [2.24, 2.45) is 0 Å². The van der Waals surface area contributed by atoms with E-state index < -0.39 is 5.97 Å². The Balaban J connectivity index is 2.23. The average Bonchev–Trinajstić information content (AvgIpc) is 2.49. The van der Waals surface area contributed by atoms with Gasteiger partial charge in [0.15, 0.2) is 0 Å². The van der Waals surface area contributed by atoms with E-state index >= 15 is 0 Å². The summed E-state index contributed by atoms with van der Waals surface area (Å²) in [6.45, 7) is 1.97. The molecule has 0 aliphatic rings. The van der Waals surface area contributed by atoms with Crippen LogP contribution in [0.4, 0.5) is 5.69 Å². The summed E-state index contributed by atoms with van der Waals surface area (Å²) in [5.74, 6) is -0.764. The summed E-state index contributed by atoms with van der Waals surface area (Å²) in [6, 6.07) is 11.9. The minimum atomic E-state index is -0.516. The summed E-state index contributed by atoms with van der Waals surface area (Å²) < 4.78 is 5.78. The molecule has 1 N–H and O–H groups in total. The summed E-state index contributed by atoms with van der Waals surface area (Å²) in [5, 5.41) is 3.04. The first-order chi connectivity index (χ1) is 10.5. The standard InChI is InChI=1S/C16H13ClINO3/c1-2-22-16(21)12-9-10(7-8-13(12)17)19-15(20)11-5-3-4-6-14(11)18/h3-9H,2H2,1H3,(H,19,20). The van der Waals surface area contributed by atoms with E-state index in [2.05, 4.69) is 27.9 Å². The Morgan fingerprint density at radius 3 is 2.59 bits per heavy atom. The molecule has 0 saturated heterocycles. The molecule has 0 aliphatic carbocycles. The Labute approximate surface area is 146 Å². The van der Waals surface area contributed by atoms with E-state index in [9.17, 15) is 9.59 Å². The fourth-order valence-electron chi connectivity index (χ4n) is 1.81. The molecule has 114 valence electrons. The lowest BCUT2D eigenvalue weighted by molar-refractivity contribution is 0.0526. The summed E-state index contributed by atoms with van der Waals surface area (Å²) >= 11 is 8.09. The molecule has 0 atom stereocenters. The number of ether oxygens (including phenoxy) is 1. The van der Waals surface area contributed by atoms with Crippen LogP contribution in [0.3, 0.4) is 0 Å². The maximum Gasteiger partial charge on any atom is 0.339 e. The van der Waals surface area contributed by atoms with Gasteiger partial charge in [-0.05, 0) is 59.8 Å². The van der Waals surface area contributed by atoms with Gasteiger partial charge >= 0.3 is 5.97 Å². The normalized spacial score (nSPS) is 10.1. The number of hydrogen-bond donors (Lipinski definition) is 1. The predicted molar refractivity (Wildman–Crippen MR) is 94.5 cm³/mol. The molecule has 0 heterocycles. The SMILES string of the molecule is CCOC(=O)c1cc(NC(=O)c2ccccc2I)ccc1Cl. The molecule has 0 saturated carbocycles. The van der Waals surface area contributed by atoms with Crippen molar-refractivity contribution < 1.29 is 14.3 Å². The molecule has 0 fully saturated rings. The van der Waals surface area contributed by atoms with E-state index in [1.165, 1.54) is 6.07 Å². The van der Waals surface area contributed by atoms with Crippen LogP contribution in [0.25, 0.3) is 0 Å². The van der Waals surface area contributed by atoms with Crippen LogP contribution in [0.2, 0.25) is 5.02 Å². The number of anilines is 1. The van der Waals surface area contributed by atoms with E-state index in [1.807, 2.05) is 12.1 Å². The quantitative estimate of drug-likeness (QED) is 0.580. The van der Waals surface area contributed by atoms with Crippen molar-refractivity contribution in [3.63, 3.8) is 0 Å². The summed E-state index contributed by atoms with van der Waals surface area (Å²) in [5.41, 5.74) is 1.27. The second-order valence-corrected chi connectivity index (χ2v) is 5.92. The van der Waals surface area contributed by atoms with Gasteiger partial charge in [-0.3, -0.25) is 4.79 Å². The molecule has 0 aliphatic heterocycles. The topological polar surface area (TPSA) is 55.4 Å². The average molecular weight is 430 g/mol. The fourth-order valence-corrected chi connectivity index (χ4v) is 2.64. The van der Waals surface area contributed by atoms with Crippen molar-refractivity contribution in [2.75, 3.05) is 11.9 Å². The third kappa shape index (κ3) is 3.98. The number of nitrogens with one attached hydrogen (secondary N) is 1. The van der Waals surface area contributed by atoms with Gasteiger partial charge in [0.05, 0.1) is 22.8 Å². The van der Waals surface area contributed by atoms with Gasteiger partial charge in [-0.25, -0.2) is 4.79 Å². The molecular weight excluding hydrogens is 417 g/mol. The Morgan fingerprint density at radius 1 is 1.18 bits per heavy atom. The molecule has 2 aromatic rings. The third-order valence-electron chi connectivity index (χ3n) is 2.84. The van der Waals surface area contributed by atoms with Crippen molar-refractivity contribution >= 4 is 51.8 Å². The van der Waals surface area contributed by atoms with Gasteiger partial charge < -0.3 is 10.1 Å². The molecule has 0 spiro atoms. The zero-order valence-corrected chi connectivity index (χ0v) is 14.6. The largest absolute Gasteiger partial charge is 0.462 e.